The molecular formula is C18H25NO7S. The van der Waals surface area contributed by atoms with E-state index in [1.54, 1.807) is 12.1 Å². The number of hydrogen-bond donors (Lipinski definition) is 0. The fourth-order valence-corrected chi connectivity index (χ4v) is 3.83. The van der Waals surface area contributed by atoms with E-state index in [0.717, 1.165) is 16.9 Å². The number of amides is 1. The number of rotatable bonds is 7. The fraction of sp³-hybridized carbons (Fsp3) is 0.556. The number of carbonyl (C=O) groups excluding carboxylic acids is 2. The highest BCUT2D eigenvalue weighted by atomic mass is 32.2. The Morgan fingerprint density at radius 2 is 1.89 bits per heavy atom. The molecule has 0 spiro atoms. The molecular weight excluding hydrogens is 374 g/mol. The van der Waals surface area contributed by atoms with Gasteiger partial charge in [-0.25, -0.2) is 9.59 Å². The molecule has 1 aliphatic heterocycles. The number of ether oxygens (including phenoxy) is 2. The highest BCUT2D eigenvalue weighted by molar-refractivity contribution is 7.86. The van der Waals surface area contributed by atoms with Crippen molar-refractivity contribution < 1.29 is 31.7 Å². The molecule has 0 radical (unpaired) electrons. The first kappa shape index (κ1) is 21.2. The maximum absolute atomic E-state index is 12.5. The minimum atomic E-state index is -4.02. The van der Waals surface area contributed by atoms with Gasteiger partial charge < -0.3 is 9.47 Å². The molecule has 0 aliphatic carbocycles. The molecule has 0 aromatic heterocycles. The molecule has 1 aromatic rings. The van der Waals surface area contributed by atoms with Gasteiger partial charge in [-0.15, -0.1) is 0 Å². The van der Waals surface area contributed by atoms with Gasteiger partial charge in [0.05, 0.1) is 31.3 Å². The summed E-state index contributed by atoms with van der Waals surface area (Å²) in [4.78, 5) is 25.4. The van der Waals surface area contributed by atoms with Crippen LogP contribution in [-0.4, -0.2) is 57.8 Å². The second-order valence-electron chi connectivity index (χ2n) is 6.38. The highest BCUT2D eigenvalue weighted by Gasteiger charge is 2.43. The van der Waals surface area contributed by atoms with Gasteiger partial charge in [-0.05, 0) is 25.5 Å². The van der Waals surface area contributed by atoms with E-state index in [1.807, 2.05) is 13.8 Å². The van der Waals surface area contributed by atoms with E-state index >= 15 is 0 Å². The van der Waals surface area contributed by atoms with E-state index in [2.05, 4.69) is 0 Å². The van der Waals surface area contributed by atoms with Crippen LogP contribution in [0.5, 0.6) is 0 Å². The first-order valence-corrected chi connectivity index (χ1v) is 10.2. The predicted molar refractivity (Wildman–Crippen MR) is 96.6 cm³/mol. The monoisotopic (exact) mass is 399 g/mol. The Kier molecular flexibility index (Phi) is 7.20. The molecule has 1 aliphatic rings. The first-order valence-electron chi connectivity index (χ1n) is 8.79. The van der Waals surface area contributed by atoms with Gasteiger partial charge in [0.15, 0.2) is 0 Å². The van der Waals surface area contributed by atoms with Gasteiger partial charge in [0.25, 0.3) is 10.1 Å². The Bertz CT molecular complexity index is 760. The van der Waals surface area contributed by atoms with Crippen LogP contribution in [0, 0.1) is 6.92 Å². The number of likely N-dealkylation sites (tertiary alicyclic amines) is 1. The molecule has 1 unspecified atom stereocenters. The van der Waals surface area contributed by atoms with Gasteiger partial charge in [0.1, 0.15) is 6.04 Å². The third kappa shape index (κ3) is 5.43. The second-order valence-corrected chi connectivity index (χ2v) is 7.95. The Morgan fingerprint density at radius 1 is 1.22 bits per heavy atom. The molecule has 1 heterocycles. The summed E-state index contributed by atoms with van der Waals surface area (Å²) in [6, 6.07) is 5.30. The lowest BCUT2D eigenvalue weighted by atomic mass is 10.2. The van der Waals surface area contributed by atoms with Crippen LogP contribution >= 0.6 is 0 Å². The van der Waals surface area contributed by atoms with Crippen LogP contribution in [0.25, 0.3) is 0 Å². The molecule has 1 aromatic carbocycles. The van der Waals surface area contributed by atoms with Crippen molar-refractivity contribution in [3.8, 4) is 0 Å². The van der Waals surface area contributed by atoms with Gasteiger partial charge in [-0.3, -0.25) is 9.08 Å². The van der Waals surface area contributed by atoms with Crippen molar-refractivity contribution in [2.45, 2.75) is 50.2 Å². The van der Waals surface area contributed by atoms with Crippen LogP contribution in [-0.2, 0) is 28.6 Å². The van der Waals surface area contributed by atoms with Gasteiger partial charge >= 0.3 is 12.1 Å². The molecule has 27 heavy (non-hydrogen) atoms. The average Bonchev–Trinajstić information content (AvgIpc) is 3.04. The SMILES string of the molecule is CCCCOC(=O)N1CC(OS(=O)(=O)c2ccc(C)cc2)C[C@H]1C(=O)OC. The number of aryl methyl sites for hydroxylation is 1. The Balaban J connectivity index is 2.10. The number of carbonyl (C=O) groups is 2. The third-order valence-electron chi connectivity index (χ3n) is 4.27. The van der Waals surface area contributed by atoms with Crippen LogP contribution in [0.15, 0.2) is 29.2 Å². The standard InChI is InChI=1S/C18H25NO7S/c1-4-5-10-25-18(21)19-12-14(11-16(19)17(20)24-3)26-27(22,23)15-8-6-13(2)7-9-15/h6-9,14,16H,4-5,10-12H2,1-3H3/t14?,16-/m0/s1. The van der Waals surface area contributed by atoms with Gasteiger partial charge in [-0.1, -0.05) is 31.0 Å². The minimum Gasteiger partial charge on any atom is -0.467 e. The number of methoxy groups -OCH3 is 1. The summed E-state index contributed by atoms with van der Waals surface area (Å²) < 4.78 is 40.1. The van der Waals surface area contributed by atoms with E-state index < -0.39 is 34.3 Å². The predicted octanol–water partition coefficient (Wildman–Crippen LogP) is 2.25. The lowest BCUT2D eigenvalue weighted by Gasteiger charge is -2.21. The number of esters is 1. The zero-order chi connectivity index (χ0) is 20.0. The van der Waals surface area contributed by atoms with E-state index in [0.29, 0.717) is 6.42 Å². The molecule has 2 atom stereocenters. The number of unbranched alkanes of at least 4 members (excludes halogenated alkanes) is 1. The van der Waals surface area contributed by atoms with Crippen molar-refractivity contribution in [3.05, 3.63) is 29.8 Å². The largest absolute Gasteiger partial charge is 0.467 e. The topological polar surface area (TPSA) is 99.2 Å². The Hall–Kier alpha value is -2.13. The van der Waals surface area contributed by atoms with Crippen molar-refractivity contribution in [2.24, 2.45) is 0 Å². The Labute approximate surface area is 159 Å². The second kappa shape index (κ2) is 9.18. The summed E-state index contributed by atoms with van der Waals surface area (Å²) in [6.45, 7) is 3.96. The molecule has 2 rings (SSSR count). The summed E-state index contributed by atoms with van der Waals surface area (Å²) in [6.07, 6.45) is 0.0239. The van der Waals surface area contributed by atoms with Crippen LogP contribution in [0.2, 0.25) is 0 Å². The van der Waals surface area contributed by atoms with Crippen molar-refractivity contribution in [1.82, 2.24) is 4.90 Å². The molecule has 0 N–H and O–H groups in total. The summed E-state index contributed by atoms with van der Waals surface area (Å²) >= 11 is 0. The van der Waals surface area contributed by atoms with E-state index in [1.165, 1.54) is 19.2 Å². The van der Waals surface area contributed by atoms with Crippen LogP contribution in [0.3, 0.4) is 0 Å². The zero-order valence-electron chi connectivity index (χ0n) is 15.7. The summed E-state index contributed by atoms with van der Waals surface area (Å²) in [5.74, 6) is -0.638. The first-order chi connectivity index (χ1) is 12.8. The fourth-order valence-electron chi connectivity index (χ4n) is 2.75. The molecule has 9 heteroatoms. The summed E-state index contributed by atoms with van der Waals surface area (Å²) in [7, 11) is -2.81. The van der Waals surface area contributed by atoms with Crippen LogP contribution in [0.4, 0.5) is 4.79 Å². The number of hydrogen-bond acceptors (Lipinski definition) is 7. The maximum atomic E-state index is 12.5. The molecule has 150 valence electrons. The molecule has 8 nitrogen and oxygen atoms in total. The molecule has 1 amide bonds. The average molecular weight is 399 g/mol. The molecule has 1 saturated heterocycles. The lowest BCUT2D eigenvalue weighted by Crippen LogP contribution is -2.41. The van der Waals surface area contributed by atoms with E-state index in [-0.39, 0.29) is 24.5 Å². The minimum absolute atomic E-state index is 0.0145. The van der Waals surface area contributed by atoms with Crippen LogP contribution in [0.1, 0.15) is 31.7 Å². The maximum Gasteiger partial charge on any atom is 0.410 e. The van der Waals surface area contributed by atoms with E-state index in [4.69, 9.17) is 13.7 Å². The van der Waals surface area contributed by atoms with Gasteiger partial charge in [0.2, 0.25) is 0 Å². The lowest BCUT2D eigenvalue weighted by molar-refractivity contribution is -0.145. The van der Waals surface area contributed by atoms with E-state index in [9.17, 15) is 18.0 Å². The van der Waals surface area contributed by atoms with Crippen molar-refractivity contribution in [2.75, 3.05) is 20.3 Å². The zero-order valence-corrected chi connectivity index (χ0v) is 16.5. The van der Waals surface area contributed by atoms with Crippen molar-refractivity contribution in [1.29, 1.82) is 0 Å². The molecule has 0 bridgehead atoms. The normalized spacial score (nSPS) is 19.7. The molecule has 0 saturated carbocycles. The summed E-state index contributed by atoms with van der Waals surface area (Å²) in [5, 5.41) is 0. The Morgan fingerprint density at radius 3 is 2.48 bits per heavy atom. The smallest absolute Gasteiger partial charge is 0.410 e. The third-order valence-corrected chi connectivity index (χ3v) is 5.64. The highest BCUT2D eigenvalue weighted by Crippen LogP contribution is 2.26. The molecule has 1 fully saturated rings. The van der Waals surface area contributed by atoms with Crippen molar-refractivity contribution in [3.63, 3.8) is 0 Å². The van der Waals surface area contributed by atoms with Gasteiger partial charge in [-0.2, -0.15) is 8.42 Å². The van der Waals surface area contributed by atoms with Crippen LogP contribution < -0.4 is 0 Å². The van der Waals surface area contributed by atoms with Crippen molar-refractivity contribution >= 4 is 22.2 Å². The quantitative estimate of drug-likeness (QED) is 0.394. The number of nitrogens with zero attached hydrogens (tertiary/aromatic N) is 1. The summed E-state index contributed by atoms with van der Waals surface area (Å²) in [5.41, 5.74) is 0.918. The van der Waals surface area contributed by atoms with Gasteiger partial charge in [0, 0.05) is 6.42 Å². The number of benzene rings is 1.